The van der Waals surface area contributed by atoms with Gasteiger partial charge in [-0.3, -0.25) is 4.79 Å². The van der Waals surface area contributed by atoms with Crippen LogP contribution >= 0.6 is 0 Å². The first-order valence-electron chi connectivity index (χ1n) is 5.80. The summed E-state index contributed by atoms with van der Waals surface area (Å²) in [5.41, 5.74) is 0. The van der Waals surface area contributed by atoms with E-state index in [0.29, 0.717) is 12.8 Å². The number of piperidine rings is 1. The first-order valence-corrected chi connectivity index (χ1v) is 7.76. The van der Waals surface area contributed by atoms with E-state index in [1.807, 2.05) is 6.07 Å². The largest absolute Gasteiger partial charge is 0.336 e. The Hall–Kier alpha value is -1.09. The molecule has 0 N–H and O–H groups in total. The van der Waals surface area contributed by atoms with Gasteiger partial charge in [0.05, 0.1) is 11.3 Å². The van der Waals surface area contributed by atoms with Gasteiger partial charge in [-0.2, -0.15) is 5.26 Å². The third kappa shape index (κ3) is 2.29. The molecule has 0 aromatic heterocycles. The Kier molecular flexibility index (Phi) is 3.13. The number of rotatable bonds is 2. The van der Waals surface area contributed by atoms with Crippen molar-refractivity contribution in [3.63, 3.8) is 0 Å². The van der Waals surface area contributed by atoms with E-state index in [1.165, 1.54) is 6.26 Å². The molecule has 0 aromatic carbocycles. The second-order valence-electron chi connectivity index (χ2n) is 4.94. The number of hydrogen-bond acceptors (Lipinski definition) is 4. The number of carbonyl (C=O) groups is 1. The van der Waals surface area contributed by atoms with Crippen molar-refractivity contribution in [1.29, 1.82) is 5.26 Å². The standard InChI is InChI=1S/C11H16N2O3S/c1-17(15,16)10-6-8-2-3-9(7-10)13(8)11(14)4-5-12/h8-10H,2-4,6-7H2,1H3. The molecule has 6 heteroatoms. The fraction of sp³-hybridized carbons (Fsp3) is 0.818. The third-order valence-corrected chi connectivity index (χ3v) is 5.41. The van der Waals surface area contributed by atoms with Gasteiger partial charge in [-0.05, 0) is 25.7 Å². The fourth-order valence-electron chi connectivity index (χ4n) is 3.04. The molecule has 17 heavy (non-hydrogen) atoms. The Morgan fingerprint density at radius 2 is 1.88 bits per heavy atom. The Labute approximate surface area is 101 Å². The topological polar surface area (TPSA) is 78.2 Å². The first kappa shape index (κ1) is 12.4. The molecule has 2 atom stereocenters. The highest BCUT2D eigenvalue weighted by Gasteiger charge is 2.45. The van der Waals surface area contributed by atoms with Crippen molar-refractivity contribution in [3.05, 3.63) is 0 Å². The van der Waals surface area contributed by atoms with E-state index in [4.69, 9.17) is 5.26 Å². The van der Waals surface area contributed by atoms with Gasteiger partial charge >= 0.3 is 0 Å². The molecule has 2 fully saturated rings. The Balaban J connectivity index is 2.14. The van der Waals surface area contributed by atoms with Crippen LogP contribution in [0.2, 0.25) is 0 Å². The molecule has 0 radical (unpaired) electrons. The molecule has 2 aliphatic rings. The number of nitrogens with zero attached hydrogens (tertiary/aromatic N) is 2. The minimum Gasteiger partial charge on any atom is -0.336 e. The van der Waals surface area contributed by atoms with Gasteiger partial charge in [-0.1, -0.05) is 0 Å². The maximum Gasteiger partial charge on any atom is 0.237 e. The average Bonchev–Trinajstić information content (AvgIpc) is 2.48. The molecular formula is C11H16N2O3S. The number of hydrogen-bond donors (Lipinski definition) is 0. The lowest BCUT2D eigenvalue weighted by Crippen LogP contribution is -2.49. The number of fused-ring (bicyclic) bond motifs is 2. The van der Waals surface area contributed by atoms with Gasteiger partial charge in [0.25, 0.3) is 0 Å². The summed E-state index contributed by atoms with van der Waals surface area (Å²) in [7, 11) is -3.02. The van der Waals surface area contributed by atoms with Crippen molar-refractivity contribution in [2.24, 2.45) is 0 Å². The summed E-state index contributed by atoms with van der Waals surface area (Å²) in [6, 6.07) is 1.91. The summed E-state index contributed by atoms with van der Waals surface area (Å²) in [6.07, 6.45) is 3.97. The van der Waals surface area contributed by atoms with Crippen LogP contribution < -0.4 is 0 Å². The van der Waals surface area contributed by atoms with Crippen LogP contribution in [0.4, 0.5) is 0 Å². The van der Waals surface area contributed by atoms with Crippen LogP contribution in [0, 0.1) is 11.3 Å². The SMILES string of the molecule is CS(=O)(=O)C1CC2CCC(C1)N2C(=O)CC#N. The van der Waals surface area contributed by atoms with Gasteiger partial charge in [-0.25, -0.2) is 8.42 Å². The van der Waals surface area contributed by atoms with Crippen molar-refractivity contribution < 1.29 is 13.2 Å². The monoisotopic (exact) mass is 256 g/mol. The first-order chi connectivity index (χ1) is 7.93. The number of amides is 1. The van der Waals surface area contributed by atoms with Crippen LogP contribution in [0.25, 0.3) is 0 Å². The van der Waals surface area contributed by atoms with E-state index in [1.54, 1.807) is 4.90 Å². The molecule has 5 nitrogen and oxygen atoms in total. The van der Waals surface area contributed by atoms with Crippen LogP contribution in [0.15, 0.2) is 0 Å². The summed E-state index contributed by atoms with van der Waals surface area (Å²) >= 11 is 0. The van der Waals surface area contributed by atoms with Crippen molar-refractivity contribution in [3.8, 4) is 6.07 Å². The van der Waals surface area contributed by atoms with E-state index in [0.717, 1.165) is 12.8 Å². The normalized spacial score (nSPS) is 32.2. The van der Waals surface area contributed by atoms with Gasteiger partial charge in [0.1, 0.15) is 16.3 Å². The molecular weight excluding hydrogens is 240 g/mol. The minimum absolute atomic E-state index is 0.0225. The van der Waals surface area contributed by atoms with Crippen molar-refractivity contribution >= 4 is 15.7 Å². The molecule has 2 unspecified atom stereocenters. The second kappa shape index (κ2) is 4.30. The van der Waals surface area contributed by atoms with Crippen molar-refractivity contribution in [2.45, 2.75) is 49.4 Å². The smallest absolute Gasteiger partial charge is 0.237 e. The fourth-order valence-corrected chi connectivity index (χ4v) is 4.19. The zero-order valence-corrected chi connectivity index (χ0v) is 10.6. The van der Waals surface area contributed by atoms with Gasteiger partial charge in [-0.15, -0.1) is 0 Å². The van der Waals surface area contributed by atoms with Crippen LogP contribution in [0.1, 0.15) is 32.1 Å². The molecule has 2 saturated heterocycles. The van der Waals surface area contributed by atoms with E-state index < -0.39 is 9.84 Å². The lowest BCUT2D eigenvalue weighted by molar-refractivity contribution is -0.134. The number of nitriles is 1. The van der Waals surface area contributed by atoms with Crippen LogP contribution in [-0.4, -0.2) is 42.8 Å². The summed E-state index contributed by atoms with van der Waals surface area (Å²) in [4.78, 5) is 13.5. The predicted molar refractivity (Wildman–Crippen MR) is 61.8 cm³/mol. The summed E-state index contributed by atoms with van der Waals surface area (Å²) in [6.45, 7) is 0. The minimum atomic E-state index is -3.02. The molecule has 2 heterocycles. The van der Waals surface area contributed by atoms with Gasteiger partial charge < -0.3 is 4.90 Å². The summed E-state index contributed by atoms with van der Waals surface area (Å²) in [5, 5.41) is 8.23. The summed E-state index contributed by atoms with van der Waals surface area (Å²) in [5.74, 6) is -0.146. The number of carbonyl (C=O) groups excluding carboxylic acids is 1. The highest BCUT2D eigenvalue weighted by Crippen LogP contribution is 2.38. The Bertz CT molecular complexity index is 452. The Morgan fingerprint density at radius 1 is 1.35 bits per heavy atom. The van der Waals surface area contributed by atoms with Gasteiger partial charge in [0, 0.05) is 18.3 Å². The lowest BCUT2D eigenvalue weighted by Gasteiger charge is -2.37. The van der Waals surface area contributed by atoms with Crippen LogP contribution in [-0.2, 0) is 14.6 Å². The Morgan fingerprint density at radius 3 is 2.29 bits per heavy atom. The molecule has 0 aromatic rings. The maximum absolute atomic E-state index is 11.8. The molecule has 0 aliphatic carbocycles. The highest BCUT2D eigenvalue weighted by molar-refractivity contribution is 7.91. The third-order valence-electron chi connectivity index (χ3n) is 3.81. The van der Waals surface area contributed by atoms with E-state index in [9.17, 15) is 13.2 Å². The van der Waals surface area contributed by atoms with E-state index >= 15 is 0 Å². The molecule has 2 bridgehead atoms. The number of sulfone groups is 1. The van der Waals surface area contributed by atoms with E-state index in [2.05, 4.69) is 0 Å². The molecule has 2 rings (SSSR count). The lowest BCUT2D eigenvalue weighted by atomic mass is 10.0. The van der Waals surface area contributed by atoms with Crippen molar-refractivity contribution in [1.82, 2.24) is 4.90 Å². The second-order valence-corrected chi connectivity index (χ2v) is 7.27. The van der Waals surface area contributed by atoms with Crippen LogP contribution in [0.5, 0.6) is 0 Å². The van der Waals surface area contributed by atoms with Crippen molar-refractivity contribution in [2.75, 3.05) is 6.26 Å². The maximum atomic E-state index is 11.8. The molecule has 94 valence electrons. The highest BCUT2D eigenvalue weighted by atomic mass is 32.2. The van der Waals surface area contributed by atoms with E-state index in [-0.39, 0.29) is 29.7 Å². The molecule has 1 amide bonds. The molecule has 2 aliphatic heterocycles. The van der Waals surface area contributed by atoms with Gasteiger partial charge in [0.15, 0.2) is 0 Å². The zero-order chi connectivity index (χ0) is 12.6. The zero-order valence-electron chi connectivity index (χ0n) is 9.80. The van der Waals surface area contributed by atoms with Crippen LogP contribution in [0.3, 0.4) is 0 Å². The summed E-state index contributed by atoms with van der Waals surface area (Å²) < 4.78 is 23.1. The van der Waals surface area contributed by atoms with Gasteiger partial charge in [0.2, 0.25) is 5.91 Å². The quantitative estimate of drug-likeness (QED) is 0.719. The average molecular weight is 256 g/mol. The molecule has 0 saturated carbocycles. The molecule has 0 spiro atoms. The predicted octanol–water partition coefficient (Wildman–Crippen LogP) is 0.467.